The molecule has 0 aliphatic rings. The molecular formula is C10H7ClFN3O2. The van der Waals surface area contributed by atoms with Gasteiger partial charge in [-0.05, 0) is 12.1 Å². The summed E-state index contributed by atoms with van der Waals surface area (Å²) in [7, 11) is 0. The van der Waals surface area contributed by atoms with E-state index in [1.807, 2.05) is 0 Å². The number of hydrogen-bond acceptors (Lipinski definition) is 3. The van der Waals surface area contributed by atoms with Gasteiger partial charge in [-0.25, -0.2) is 9.07 Å². The predicted molar refractivity (Wildman–Crippen MR) is 57.7 cm³/mol. The Labute approximate surface area is 100 Å². The third kappa shape index (κ3) is 2.42. The van der Waals surface area contributed by atoms with E-state index in [2.05, 4.69) is 10.3 Å². The van der Waals surface area contributed by atoms with Crippen LogP contribution in [-0.4, -0.2) is 26.1 Å². The molecule has 1 aromatic carbocycles. The van der Waals surface area contributed by atoms with Crippen molar-refractivity contribution in [2.75, 3.05) is 0 Å². The average Bonchev–Trinajstić information content (AvgIpc) is 2.69. The fraction of sp³-hybridized carbons (Fsp3) is 0.100. The number of nitrogens with zero attached hydrogens (tertiary/aromatic N) is 3. The predicted octanol–water partition coefficient (Wildman–Crippen LogP) is 1.69. The first kappa shape index (κ1) is 11.5. The Morgan fingerprint density at radius 2 is 2.29 bits per heavy atom. The molecule has 0 saturated carbocycles. The van der Waals surface area contributed by atoms with Crippen LogP contribution in [0.2, 0.25) is 5.02 Å². The molecule has 0 atom stereocenters. The van der Waals surface area contributed by atoms with E-state index in [1.54, 1.807) is 0 Å². The van der Waals surface area contributed by atoms with Crippen LogP contribution in [0.5, 0.6) is 0 Å². The number of carboxylic acid groups (broad SMARTS) is 1. The van der Waals surface area contributed by atoms with Gasteiger partial charge in [-0.1, -0.05) is 16.8 Å². The molecule has 0 aliphatic carbocycles. The van der Waals surface area contributed by atoms with E-state index in [1.165, 1.54) is 29.1 Å². The highest BCUT2D eigenvalue weighted by Gasteiger charge is 2.13. The van der Waals surface area contributed by atoms with Crippen molar-refractivity contribution in [1.29, 1.82) is 0 Å². The van der Waals surface area contributed by atoms with Crippen molar-refractivity contribution in [3.8, 4) is 5.69 Å². The first-order valence-corrected chi connectivity index (χ1v) is 5.02. The van der Waals surface area contributed by atoms with Crippen LogP contribution >= 0.6 is 11.6 Å². The highest BCUT2D eigenvalue weighted by molar-refractivity contribution is 6.32. The van der Waals surface area contributed by atoms with Gasteiger partial charge in [0, 0.05) is 6.07 Å². The molecule has 7 heteroatoms. The Morgan fingerprint density at radius 1 is 1.53 bits per heavy atom. The van der Waals surface area contributed by atoms with Crippen LogP contribution < -0.4 is 0 Å². The third-order valence-electron chi connectivity index (χ3n) is 2.09. The van der Waals surface area contributed by atoms with Gasteiger partial charge in [-0.15, -0.1) is 5.10 Å². The lowest BCUT2D eigenvalue weighted by molar-refractivity contribution is -0.136. The largest absolute Gasteiger partial charge is 0.481 e. The lowest BCUT2D eigenvalue weighted by Gasteiger charge is -2.06. The number of aliphatic carboxylic acids is 1. The number of carbonyl (C=O) groups is 1. The molecule has 17 heavy (non-hydrogen) atoms. The minimum Gasteiger partial charge on any atom is -0.481 e. The number of aromatic nitrogens is 3. The molecule has 88 valence electrons. The standard InChI is InChI=1S/C10H7ClFN3O2/c11-8-2-1-6(12)3-9(8)15-7(4-10(16)17)5-13-14-15/h1-3,5H,4H2,(H,16,17). The molecule has 0 bridgehead atoms. The molecule has 2 rings (SSSR count). The molecule has 1 aromatic heterocycles. The zero-order valence-corrected chi connectivity index (χ0v) is 9.23. The van der Waals surface area contributed by atoms with E-state index >= 15 is 0 Å². The van der Waals surface area contributed by atoms with Crippen molar-refractivity contribution in [3.63, 3.8) is 0 Å². The maximum Gasteiger partial charge on any atom is 0.309 e. The van der Waals surface area contributed by atoms with Crippen LogP contribution in [0.4, 0.5) is 4.39 Å². The van der Waals surface area contributed by atoms with Gasteiger partial charge in [0.1, 0.15) is 5.82 Å². The van der Waals surface area contributed by atoms with Gasteiger partial charge in [-0.2, -0.15) is 0 Å². The second kappa shape index (κ2) is 4.50. The second-order valence-corrected chi connectivity index (χ2v) is 3.71. The van der Waals surface area contributed by atoms with Crippen molar-refractivity contribution in [1.82, 2.24) is 15.0 Å². The summed E-state index contributed by atoms with van der Waals surface area (Å²) in [5.74, 6) is -1.51. The van der Waals surface area contributed by atoms with E-state index in [0.29, 0.717) is 5.69 Å². The third-order valence-corrected chi connectivity index (χ3v) is 2.41. The lowest BCUT2D eigenvalue weighted by atomic mass is 10.2. The van der Waals surface area contributed by atoms with E-state index in [-0.39, 0.29) is 17.1 Å². The van der Waals surface area contributed by atoms with Crippen LogP contribution in [0.3, 0.4) is 0 Å². The number of halogens is 2. The van der Waals surface area contributed by atoms with Gasteiger partial charge in [-0.3, -0.25) is 4.79 Å². The maximum absolute atomic E-state index is 13.1. The fourth-order valence-electron chi connectivity index (χ4n) is 1.38. The fourth-order valence-corrected chi connectivity index (χ4v) is 1.58. The Morgan fingerprint density at radius 3 is 3.00 bits per heavy atom. The molecule has 1 N–H and O–H groups in total. The first-order chi connectivity index (χ1) is 8.08. The topological polar surface area (TPSA) is 68.0 Å². The molecule has 5 nitrogen and oxygen atoms in total. The number of benzene rings is 1. The zero-order valence-electron chi connectivity index (χ0n) is 8.47. The molecule has 1 heterocycles. The van der Waals surface area contributed by atoms with Crippen LogP contribution in [0.25, 0.3) is 5.69 Å². The first-order valence-electron chi connectivity index (χ1n) is 4.64. The van der Waals surface area contributed by atoms with E-state index in [0.717, 1.165) is 0 Å². The molecule has 0 unspecified atom stereocenters. The normalized spacial score (nSPS) is 10.5. The van der Waals surface area contributed by atoms with Crippen molar-refractivity contribution in [2.45, 2.75) is 6.42 Å². The van der Waals surface area contributed by atoms with Crippen LogP contribution in [-0.2, 0) is 11.2 Å². The number of rotatable bonds is 3. The summed E-state index contributed by atoms with van der Waals surface area (Å²) in [6.45, 7) is 0. The summed E-state index contributed by atoms with van der Waals surface area (Å²) in [5, 5.41) is 16.3. The molecule has 0 aliphatic heterocycles. The maximum atomic E-state index is 13.1. The van der Waals surface area contributed by atoms with Gasteiger partial charge in [0.2, 0.25) is 0 Å². The smallest absolute Gasteiger partial charge is 0.309 e. The SMILES string of the molecule is O=C(O)Cc1cnnn1-c1cc(F)ccc1Cl. The van der Waals surface area contributed by atoms with Crippen molar-refractivity contribution < 1.29 is 14.3 Å². The van der Waals surface area contributed by atoms with Gasteiger partial charge in [0.15, 0.2) is 0 Å². The molecule has 2 aromatic rings. The second-order valence-electron chi connectivity index (χ2n) is 3.30. The zero-order chi connectivity index (χ0) is 12.4. The van der Waals surface area contributed by atoms with Crippen molar-refractivity contribution in [2.24, 2.45) is 0 Å². The Bertz CT molecular complexity index is 570. The van der Waals surface area contributed by atoms with Gasteiger partial charge in [0.25, 0.3) is 0 Å². The molecule has 0 spiro atoms. The summed E-state index contributed by atoms with van der Waals surface area (Å²) in [6.07, 6.45) is 1.04. The quantitative estimate of drug-likeness (QED) is 0.906. The Kier molecular flexibility index (Phi) is 3.06. The molecular weight excluding hydrogens is 249 g/mol. The van der Waals surface area contributed by atoms with Crippen LogP contribution in [0, 0.1) is 5.82 Å². The van der Waals surface area contributed by atoms with Gasteiger partial charge < -0.3 is 5.11 Å². The summed E-state index contributed by atoms with van der Waals surface area (Å²) >= 11 is 5.89. The lowest BCUT2D eigenvalue weighted by Crippen LogP contribution is -2.08. The van der Waals surface area contributed by atoms with Gasteiger partial charge >= 0.3 is 5.97 Å². The van der Waals surface area contributed by atoms with Crippen molar-refractivity contribution in [3.05, 3.63) is 40.9 Å². The highest BCUT2D eigenvalue weighted by atomic mass is 35.5. The Hall–Kier alpha value is -1.95. The van der Waals surface area contributed by atoms with E-state index in [9.17, 15) is 9.18 Å². The summed E-state index contributed by atoms with van der Waals surface area (Å²) in [6, 6.07) is 3.75. The monoisotopic (exact) mass is 255 g/mol. The van der Waals surface area contributed by atoms with Crippen molar-refractivity contribution >= 4 is 17.6 Å². The van der Waals surface area contributed by atoms with Crippen LogP contribution in [0.1, 0.15) is 5.69 Å². The average molecular weight is 256 g/mol. The Balaban J connectivity index is 2.49. The van der Waals surface area contributed by atoms with Crippen LogP contribution in [0.15, 0.2) is 24.4 Å². The molecule has 0 radical (unpaired) electrons. The van der Waals surface area contributed by atoms with E-state index in [4.69, 9.17) is 16.7 Å². The highest BCUT2D eigenvalue weighted by Crippen LogP contribution is 2.21. The summed E-state index contributed by atoms with van der Waals surface area (Å²) in [4.78, 5) is 10.6. The minimum atomic E-state index is -1.03. The molecule has 0 fully saturated rings. The summed E-state index contributed by atoms with van der Waals surface area (Å²) in [5.41, 5.74) is 0.588. The number of hydrogen-bond donors (Lipinski definition) is 1. The number of carboxylic acids is 1. The van der Waals surface area contributed by atoms with Gasteiger partial charge in [0.05, 0.1) is 29.0 Å². The minimum absolute atomic E-state index is 0.264. The molecule has 0 saturated heterocycles. The van der Waals surface area contributed by atoms with E-state index < -0.39 is 11.8 Å². The molecule has 0 amide bonds. The summed E-state index contributed by atoms with van der Waals surface area (Å²) < 4.78 is 14.3.